The zero-order valence-electron chi connectivity index (χ0n) is 11.3. The van der Waals surface area contributed by atoms with Gasteiger partial charge in [-0.05, 0) is 55.3 Å². The van der Waals surface area contributed by atoms with E-state index >= 15 is 0 Å². The van der Waals surface area contributed by atoms with Gasteiger partial charge in [-0.2, -0.15) is 0 Å². The maximum Gasteiger partial charge on any atom is 0.0961 e. The highest BCUT2D eigenvalue weighted by Gasteiger charge is 2.19. The van der Waals surface area contributed by atoms with Gasteiger partial charge in [-0.3, -0.25) is 0 Å². The minimum Gasteiger partial charge on any atom is -0.306 e. The zero-order valence-corrected chi connectivity index (χ0v) is 14.4. The summed E-state index contributed by atoms with van der Waals surface area (Å²) >= 11 is 20.2. The molecule has 0 saturated carbocycles. The maximum absolute atomic E-state index is 6.34. The molecule has 0 aliphatic carbocycles. The number of nitrogens with one attached hydrogen (secondary N) is 1. The first-order chi connectivity index (χ1) is 9.52. The summed E-state index contributed by atoms with van der Waals surface area (Å²) in [7, 11) is 0. The lowest BCUT2D eigenvalue weighted by molar-refractivity contribution is 0.606. The molecule has 0 saturated heterocycles. The molecule has 1 heterocycles. The molecule has 0 fully saturated rings. The van der Waals surface area contributed by atoms with Crippen LogP contribution in [0.1, 0.15) is 35.4 Å². The monoisotopic (exact) mass is 347 g/mol. The topological polar surface area (TPSA) is 12.0 Å². The normalized spacial score (nSPS) is 12.7. The van der Waals surface area contributed by atoms with E-state index in [9.17, 15) is 0 Å². The van der Waals surface area contributed by atoms with Crippen LogP contribution in [0.15, 0.2) is 24.3 Å². The van der Waals surface area contributed by atoms with Crippen LogP contribution in [-0.2, 0) is 0 Å². The van der Waals surface area contributed by atoms with Crippen molar-refractivity contribution in [2.75, 3.05) is 6.54 Å². The highest BCUT2D eigenvalue weighted by Crippen LogP contribution is 2.37. The Morgan fingerprint density at radius 2 is 1.95 bits per heavy atom. The third-order valence-corrected chi connectivity index (χ3v) is 5.23. The van der Waals surface area contributed by atoms with E-state index < -0.39 is 0 Å². The van der Waals surface area contributed by atoms with E-state index in [0.717, 1.165) is 33.3 Å². The predicted octanol–water partition coefficient (Wildman–Crippen LogP) is 6.11. The summed E-state index contributed by atoms with van der Waals surface area (Å²) < 4.78 is 0.821. The number of rotatable bonds is 5. The van der Waals surface area contributed by atoms with Crippen molar-refractivity contribution in [2.24, 2.45) is 0 Å². The smallest absolute Gasteiger partial charge is 0.0961 e. The fraction of sp³-hybridized carbons (Fsp3) is 0.333. The molecule has 1 aromatic carbocycles. The summed E-state index contributed by atoms with van der Waals surface area (Å²) in [6.45, 7) is 5.05. The molecule has 0 radical (unpaired) electrons. The molecule has 20 heavy (non-hydrogen) atoms. The first-order valence-electron chi connectivity index (χ1n) is 6.47. The summed E-state index contributed by atoms with van der Waals surface area (Å²) in [6, 6.07) is 7.69. The Balaban J connectivity index is 2.43. The highest BCUT2D eigenvalue weighted by molar-refractivity contribution is 7.16. The van der Waals surface area contributed by atoms with E-state index in [1.54, 1.807) is 17.4 Å². The summed E-state index contributed by atoms with van der Waals surface area (Å²) in [5, 5.41) is 4.92. The molecule has 1 unspecified atom stereocenters. The van der Waals surface area contributed by atoms with E-state index in [2.05, 4.69) is 18.3 Å². The molecule has 0 spiro atoms. The van der Waals surface area contributed by atoms with Gasteiger partial charge < -0.3 is 5.32 Å². The second-order valence-corrected chi connectivity index (χ2v) is 7.19. The Morgan fingerprint density at radius 3 is 2.55 bits per heavy atom. The van der Waals surface area contributed by atoms with Crippen LogP contribution in [0, 0.1) is 6.92 Å². The molecule has 1 atom stereocenters. The number of hydrogen-bond acceptors (Lipinski definition) is 2. The number of halogens is 3. The number of benzene rings is 1. The van der Waals surface area contributed by atoms with Crippen LogP contribution in [-0.4, -0.2) is 6.54 Å². The van der Waals surface area contributed by atoms with Crippen molar-refractivity contribution in [3.63, 3.8) is 0 Å². The van der Waals surface area contributed by atoms with Gasteiger partial charge in [0, 0.05) is 14.9 Å². The van der Waals surface area contributed by atoms with Crippen LogP contribution >= 0.6 is 46.1 Å². The second-order valence-electron chi connectivity index (χ2n) is 4.66. The Kier molecular flexibility index (Phi) is 5.76. The zero-order chi connectivity index (χ0) is 14.7. The third kappa shape index (κ3) is 3.69. The fourth-order valence-corrected chi connectivity index (χ4v) is 3.73. The van der Waals surface area contributed by atoms with Crippen LogP contribution in [0.5, 0.6) is 0 Å². The van der Waals surface area contributed by atoms with Crippen LogP contribution in [0.25, 0.3) is 0 Å². The average Bonchev–Trinajstić information content (AvgIpc) is 2.74. The molecule has 0 aliphatic rings. The Morgan fingerprint density at radius 1 is 1.20 bits per heavy atom. The van der Waals surface area contributed by atoms with Crippen molar-refractivity contribution in [1.29, 1.82) is 0 Å². The largest absolute Gasteiger partial charge is 0.306 e. The molecule has 1 nitrogen and oxygen atoms in total. The molecule has 1 N–H and O–H groups in total. The van der Waals surface area contributed by atoms with E-state index in [1.807, 2.05) is 19.1 Å². The molecule has 1 aromatic heterocycles. The molecule has 0 amide bonds. The van der Waals surface area contributed by atoms with Gasteiger partial charge >= 0.3 is 0 Å². The molecule has 108 valence electrons. The van der Waals surface area contributed by atoms with Gasteiger partial charge in [-0.1, -0.05) is 41.7 Å². The number of hydrogen-bond donors (Lipinski definition) is 1. The van der Waals surface area contributed by atoms with Gasteiger partial charge in [-0.15, -0.1) is 11.3 Å². The lowest BCUT2D eigenvalue weighted by atomic mass is 10.0. The summed E-state index contributed by atoms with van der Waals surface area (Å²) in [4.78, 5) is 1.16. The van der Waals surface area contributed by atoms with E-state index in [4.69, 9.17) is 34.8 Å². The van der Waals surface area contributed by atoms with Gasteiger partial charge in [0.1, 0.15) is 0 Å². The molecule has 5 heteroatoms. The molecule has 0 aliphatic heterocycles. The van der Waals surface area contributed by atoms with Crippen LogP contribution in [0.2, 0.25) is 14.4 Å². The summed E-state index contributed by atoms with van der Waals surface area (Å²) in [5.41, 5.74) is 2.08. The van der Waals surface area contributed by atoms with E-state index in [-0.39, 0.29) is 6.04 Å². The molecule has 2 aromatic rings. The lowest BCUT2D eigenvalue weighted by Crippen LogP contribution is -2.22. The number of thiophene rings is 1. The van der Waals surface area contributed by atoms with Crippen molar-refractivity contribution < 1.29 is 0 Å². The van der Waals surface area contributed by atoms with Crippen molar-refractivity contribution in [2.45, 2.75) is 26.3 Å². The lowest BCUT2D eigenvalue weighted by Gasteiger charge is -2.19. The predicted molar refractivity (Wildman–Crippen MR) is 90.7 cm³/mol. The first-order valence-corrected chi connectivity index (χ1v) is 8.42. The quantitative estimate of drug-likeness (QED) is 0.687. The number of aryl methyl sites for hydroxylation is 1. The van der Waals surface area contributed by atoms with Crippen LogP contribution in [0.3, 0.4) is 0 Å². The van der Waals surface area contributed by atoms with Crippen molar-refractivity contribution >= 4 is 46.1 Å². The maximum atomic E-state index is 6.34. The minimum atomic E-state index is 0.0253. The van der Waals surface area contributed by atoms with Crippen LogP contribution < -0.4 is 5.32 Å². The van der Waals surface area contributed by atoms with Gasteiger partial charge in [0.05, 0.1) is 10.4 Å². The SMILES string of the molecule is CCCNC(c1cc(C)c(Cl)s1)c1cc(Cl)ccc1Cl. The Bertz CT molecular complexity index is 575. The summed E-state index contributed by atoms with van der Waals surface area (Å²) in [6.07, 6.45) is 1.05. The Labute approximate surface area is 138 Å². The van der Waals surface area contributed by atoms with Crippen molar-refractivity contribution in [3.8, 4) is 0 Å². The molecular weight excluding hydrogens is 333 g/mol. The van der Waals surface area contributed by atoms with Crippen molar-refractivity contribution in [3.05, 3.63) is 54.7 Å². The van der Waals surface area contributed by atoms with Gasteiger partial charge in [-0.25, -0.2) is 0 Å². The highest BCUT2D eigenvalue weighted by atomic mass is 35.5. The van der Waals surface area contributed by atoms with Crippen molar-refractivity contribution in [1.82, 2.24) is 5.32 Å². The molecule has 2 rings (SSSR count). The fourth-order valence-electron chi connectivity index (χ4n) is 2.01. The van der Waals surface area contributed by atoms with Gasteiger partial charge in [0.2, 0.25) is 0 Å². The first kappa shape index (κ1) is 16.1. The van der Waals surface area contributed by atoms with E-state index in [1.165, 1.54) is 0 Å². The third-order valence-electron chi connectivity index (χ3n) is 3.03. The summed E-state index contributed by atoms with van der Waals surface area (Å²) in [5.74, 6) is 0. The van der Waals surface area contributed by atoms with Crippen LogP contribution in [0.4, 0.5) is 0 Å². The van der Waals surface area contributed by atoms with Gasteiger partial charge in [0.15, 0.2) is 0 Å². The van der Waals surface area contributed by atoms with E-state index in [0.29, 0.717) is 10.0 Å². The molecular formula is C15H16Cl3NS. The standard InChI is InChI=1S/C15H16Cl3NS/c1-3-6-19-14(13-7-9(2)15(18)20-13)11-8-10(16)4-5-12(11)17/h4-5,7-8,14,19H,3,6H2,1-2H3. The Hall–Kier alpha value is -0.250. The minimum absolute atomic E-state index is 0.0253. The van der Waals surface area contributed by atoms with Gasteiger partial charge in [0.25, 0.3) is 0 Å². The second kappa shape index (κ2) is 7.15. The molecule has 0 bridgehead atoms. The average molecular weight is 349 g/mol.